The Labute approximate surface area is 305 Å². The van der Waals surface area contributed by atoms with Crippen LogP contribution < -0.4 is 9.79 Å². The Bertz CT molecular complexity index is 995. The molecule has 0 aromatic carbocycles. The van der Waals surface area contributed by atoms with Crippen LogP contribution in [0.5, 0.6) is 0 Å². The van der Waals surface area contributed by atoms with Crippen LogP contribution in [0.3, 0.4) is 0 Å². The number of phosphoric ester groups is 1. The minimum absolute atomic E-state index is 0.101. The molecule has 0 aromatic heterocycles. The molecule has 0 aliphatic rings. The molecule has 0 aliphatic carbocycles. The van der Waals surface area contributed by atoms with Crippen molar-refractivity contribution in [2.24, 2.45) is 0 Å². The summed E-state index contributed by atoms with van der Waals surface area (Å²) in [5, 5.41) is 0. The number of carbonyl (C=O) groups excluding carboxylic acids is 2. The Kier molecular flexibility index (Phi) is 34.9. The maximum atomic E-state index is 12.3. The fourth-order valence-electron chi connectivity index (χ4n) is 5.06. The number of carbonyl (C=O) groups is 2. The van der Waals surface area contributed by atoms with Crippen LogP contribution in [0.2, 0.25) is 0 Å². The topological polar surface area (TPSA) is 125 Å². The minimum Gasteiger partial charge on any atom is -0.790 e. The molecule has 0 rings (SSSR count). The van der Waals surface area contributed by atoms with Crippen LogP contribution >= 0.6 is 7.82 Å². The van der Waals surface area contributed by atoms with E-state index in [1.165, 1.54) is 64.2 Å². The number of allylic oxidation sites excluding steroid dienone is 10. The molecule has 0 fully saturated rings. The Hall–Kier alpha value is -2.25. The number of phosphoric acid groups is 1. The second kappa shape index (κ2) is 36.5. The highest BCUT2D eigenvalue weighted by Gasteiger charge is 2.18. The largest absolute Gasteiger partial charge is 0.790 e. The fourth-order valence-corrected chi connectivity index (χ4v) is 5.41. The van der Waals surface area contributed by atoms with Gasteiger partial charge in [-0.1, -0.05) is 139 Å². The lowest BCUT2D eigenvalue weighted by Crippen LogP contribution is -2.31. The van der Waals surface area contributed by atoms with Crippen molar-refractivity contribution in [3.8, 4) is 0 Å². The monoisotopic (exact) mass is 720 g/mol. The van der Waals surface area contributed by atoms with Crippen LogP contribution in [0.4, 0.5) is 0 Å². The van der Waals surface area contributed by atoms with Gasteiger partial charge in [-0.05, 0) is 77.0 Å². The third kappa shape index (κ3) is 38.6. The van der Waals surface area contributed by atoms with Gasteiger partial charge in [0.15, 0.2) is 6.10 Å². The highest BCUT2D eigenvalue weighted by molar-refractivity contribution is 7.43. The molecular weight excluding hydrogens is 651 g/mol. The molecule has 0 heterocycles. The zero-order valence-electron chi connectivity index (χ0n) is 31.4. The molecule has 0 aromatic rings. The van der Waals surface area contributed by atoms with Gasteiger partial charge in [0.2, 0.25) is 0 Å². The minimum atomic E-state index is -5.27. The molecule has 9 heteroatoms. The van der Waals surface area contributed by atoms with Crippen molar-refractivity contribution in [1.29, 1.82) is 0 Å². The predicted molar refractivity (Wildman–Crippen MR) is 202 cm³/mol. The molecule has 0 unspecified atom stereocenters. The van der Waals surface area contributed by atoms with Gasteiger partial charge in [-0.3, -0.25) is 9.59 Å². The van der Waals surface area contributed by atoms with E-state index in [1.54, 1.807) is 0 Å². The van der Waals surface area contributed by atoms with Crippen molar-refractivity contribution in [2.75, 3.05) is 13.2 Å². The molecular formula is C41H69O8P-2. The van der Waals surface area contributed by atoms with E-state index in [1.807, 2.05) is 12.2 Å². The van der Waals surface area contributed by atoms with E-state index in [0.717, 1.165) is 57.8 Å². The van der Waals surface area contributed by atoms with Gasteiger partial charge in [-0.2, -0.15) is 0 Å². The molecule has 0 saturated carbocycles. The maximum Gasteiger partial charge on any atom is 0.306 e. The van der Waals surface area contributed by atoms with Gasteiger partial charge in [0.25, 0.3) is 0 Å². The SMILES string of the molecule is CCCCC/C=C\C/C=C\C/C=C\C/C=C\CCCC(=O)O[C@H](COC(=O)CCCCCCC/C=C\CCCCCCCC)COP(=O)([O-])[O-]. The van der Waals surface area contributed by atoms with E-state index in [-0.39, 0.29) is 19.4 Å². The fraction of sp³-hybridized carbons (Fsp3) is 0.707. The smallest absolute Gasteiger partial charge is 0.306 e. The van der Waals surface area contributed by atoms with Gasteiger partial charge in [0.1, 0.15) is 6.61 Å². The first-order chi connectivity index (χ1) is 24.3. The van der Waals surface area contributed by atoms with Crippen molar-refractivity contribution in [3.63, 3.8) is 0 Å². The molecule has 0 N–H and O–H groups in total. The third-order valence-corrected chi connectivity index (χ3v) is 8.46. The molecule has 0 radical (unpaired) electrons. The van der Waals surface area contributed by atoms with Gasteiger partial charge >= 0.3 is 11.9 Å². The molecule has 288 valence electrons. The summed E-state index contributed by atoms with van der Waals surface area (Å²) in [4.78, 5) is 46.4. The van der Waals surface area contributed by atoms with Crippen molar-refractivity contribution >= 4 is 19.8 Å². The van der Waals surface area contributed by atoms with E-state index in [9.17, 15) is 23.9 Å². The third-order valence-electron chi connectivity index (χ3n) is 8.00. The zero-order chi connectivity index (χ0) is 36.8. The average Bonchev–Trinajstić information content (AvgIpc) is 3.08. The van der Waals surface area contributed by atoms with Gasteiger partial charge in [-0.25, -0.2) is 0 Å². The van der Waals surface area contributed by atoms with Crippen molar-refractivity contribution in [3.05, 3.63) is 60.8 Å². The van der Waals surface area contributed by atoms with Gasteiger partial charge in [-0.15, -0.1) is 0 Å². The first kappa shape index (κ1) is 47.8. The van der Waals surface area contributed by atoms with Crippen LogP contribution in [0.15, 0.2) is 60.8 Å². The standard InChI is InChI=1S/C41H71O8P/c1-3-5-7-9-11-13-15-17-19-20-22-24-26-28-30-32-34-36-41(43)49-39(38-48-50(44,45)46)37-47-40(42)35-33-31-29-27-25-23-21-18-16-14-12-10-8-6-4-2/h11,13,17-19,21-22,24,28,30,39H,3-10,12,14-16,20,23,25-27,29,31-38H2,1-2H3,(H2,44,45,46)/p-2/b13-11-,19-17-,21-18-,24-22-,30-28-/t39-/m1/s1. The van der Waals surface area contributed by atoms with Crippen LogP contribution in [-0.4, -0.2) is 31.3 Å². The Morgan fingerprint density at radius 3 is 1.46 bits per heavy atom. The summed E-state index contributed by atoms with van der Waals surface area (Å²) in [5.41, 5.74) is 0. The number of hydrogen-bond acceptors (Lipinski definition) is 8. The number of rotatable bonds is 35. The lowest BCUT2D eigenvalue weighted by molar-refractivity contribution is -0.343. The molecule has 0 spiro atoms. The van der Waals surface area contributed by atoms with Crippen LogP contribution in [0.1, 0.15) is 168 Å². The highest BCUT2D eigenvalue weighted by atomic mass is 31.2. The van der Waals surface area contributed by atoms with Gasteiger partial charge < -0.3 is 28.3 Å². The van der Waals surface area contributed by atoms with Crippen LogP contribution in [0.25, 0.3) is 0 Å². The van der Waals surface area contributed by atoms with E-state index < -0.39 is 32.5 Å². The number of unbranched alkanes of at least 4 members (excludes halogenated alkanes) is 15. The Morgan fingerprint density at radius 1 is 0.520 bits per heavy atom. The van der Waals surface area contributed by atoms with E-state index in [0.29, 0.717) is 19.3 Å². The van der Waals surface area contributed by atoms with Crippen molar-refractivity contribution in [2.45, 2.75) is 174 Å². The summed E-state index contributed by atoms with van der Waals surface area (Å²) in [6.45, 7) is 3.40. The summed E-state index contributed by atoms with van der Waals surface area (Å²) in [6, 6.07) is 0. The predicted octanol–water partition coefficient (Wildman–Crippen LogP) is 10.5. The Balaban J connectivity index is 4.08. The number of ether oxygens (including phenoxy) is 2. The van der Waals surface area contributed by atoms with E-state index in [2.05, 4.69) is 67.0 Å². The normalized spacial score (nSPS) is 13.1. The van der Waals surface area contributed by atoms with Crippen molar-refractivity contribution < 1.29 is 37.9 Å². The molecule has 0 amide bonds. The molecule has 50 heavy (non-hydrogen) atoms. The molecule has 8 nitrogen and oxygen atoms in total. The summed E-state index contributed by atoms with van der Waals surface area (Å²) in [6.07, 6.45) is 44.7. The summed E-state index contributed by atoms with van der Waals surface area (Å²) in [5.74, 6) is -1.04. The molecule has 1 atom stereocenters. The maximum absolute atomic E-state index is 12.3. The first-order valence-corrected chi connectivity index (χ1v) is 21.0. The summed E-state index contributed by atoms with van der Waals surface area (Å²) in [7, 11) is -5.27. The number of esters is 2. The molecule has 0 bridgehead atoms. The van der Waals surface area contributed by atoms with E-state index >= 15 is 0 Å². The van der Waals surface area contributed by atoms with Gasteiger partial charge in [0, 0.05) is 12.8 Å². The van der Waals surface area contributed by atoms with Crippen LogP contribution in [0, 0.1) is 0 Å². The zero-order valence-corrected chi connectivity index (χ0v) is 32.3. The molecule has 0 aliphatic heterocycles. The quantitative estimate of drug-likeness (QED) is 0.0274. The summed E-state index contributed by atoms with van der Waals surface area (Å²) >= 11 is 0. The van der Waals surface area contributed by atoms with Gasteiger partial charge in [0.05, 0.1) is 14.4 Å². The Morgan fingerprint density at radius 2 is 0.920 bits per heavy atom. The lowest BCUT2D eigenvalue weighted by atomic mass is 10.1. The highest BCUT2D eigenvalue weighted by Crippen LogP contribution is 2.25. The second-order valence-electron chi connectivity index (χ2n) is 12.9. The van der Waals surface area contributed by atoms with Crippen LogP contribution in [-0.2, 0) is 28.2 Å². The number of hydrogen-bond donors (Lipinski definition) is 0. The first-order valence-electron chi connectivity index (χ1n) is 19.5. The van der Waals surface area contributed by atoms with Crippen molar-refractivity contribution in [1.82, 2.24) is 0 Å². The van der Waals surface area contributed by atoms with E-state index in [4.69, 9.17) is 9.47 Å². The second-order valence-corrected chi connectivity index (χ2v) is 14.0. The molecule has 0 saturated heterocycles. The lowest BCUT2D eigenvalue weighted by Gasteiger charge is -2.30. The summed E-state index contributed by atoms with van der Waals surface area (Å²) < 4.78 is 25.7. The average molecular weight is 721 g/mol.